The van der Waals surface area contributed by atoms with E-state index in [0.717, 1.165) is 21.7 Å². The molecule has 0 heterocycles. The number of sulfonamides is 1. The first kappa shape index (κ1) is 28.2. The molecule has 0 aliphatic rings. The standard InChI is InChI=1S/C27H30N4O6S/c1-19-13-20(2)15-22(14-19)31(38(4,34)35)17-26(32)30-28-16-21-9-11-23(12-10-21)37-18-27(33)29-24-7-5-6-8-25(24)36-3/h5-16H,17-18H2,1-4H3,(H,29,33)(H,30,32)/b28-16-. The molecule has 2 amide bonds. The Bertz CT molecular complexity index is 1400. The van der Waals surface area contributed by atoms with Crippen LogP contribution < -0.4 is 24.5 Å². The van der Waals surface area contributed by atoms with Gasteiger partial charge in [0, 0.05) is 0 Å². The van der Waals surface area contributed by atoms with Crippen molar-refractivity contribution in [3.05, 3.63) is 83.4 Å². The van der Waals surface area contributed by atoms with Crippen LogP contribution >= 0.6 is 0 Å². The van der Waals surface area contributed by atoms with Crippen LogP contribution in [0.2, 0.25) is 0 Å². The smallest absolute Gasteiger partial charge is 0.262 e. The van der Waals surface area contributed by atoms with Crippen molar-refractivity contribution in [3.63, 3.8) is 0 Å². The molecular weight excluding hydrogens is 508 g/mol. The fraction of sp³-hybridized carbons (Fsp3) is 0.222. The second-order valence-electron chi connectivity index (χ2n) is 8.51. The molecule has 0 radical (unpaired) electrons. The van der Waals surface area contributed by atoms with Gasteiger partial charge in [-0.05, 0) is 79.1 Å². The van der Waals surface area contributed by atoms with E-state index in [1.807, 2.05) is 19.9 Å². The minimum atomic E-state index is -3.69. The van der Waals surface area contributed by atoms with Gasteiger partial charge in [0.2, 0.25) is 10.0 Å². The van der Waals surface area contributed by atoms with Crippen LogP contribution in [0.1, 0.15) is 16.7 Å². The Morgan fingerprint density at radius 3 is 2.26 bits per heavy atom. The maximum absolute atomic E-state index is 12.4. The van der Waals surface area contributed by atoms with Crippen LogP contribution in [0.4, 0.5) is 11.4 Å². The fourth-order valence-corrected chi connectivity index (χ4v) is 4.41. The number of carbonyl (C=O) groups excluding carboxylic acids is 2. The number of para-hydroxylation sites is 2. The number of hydrazone groups is 1. The van der Waals surface area contributed by atoms with Crippen LogP contribution in [-0.4, -0.2) is 53.0 Å². The van der Waals surface area contributed by atoms with E-state index in [1.54, 1.807) is 60.7 Å². The minimum absolute atomic E-state index is 0.196. The highest BCUT2D eigenvalue weighted by Crippen LogP contribution is 2.23. The summed E-state index contributed by atoms with van der Waals surface area (Å²) < 4.78 is 36.4. The van der Waals surface area contributed by atoms with E-state index in [1.165, 1.54) is 13.3 Å². The van der Waals surface area contributed by atoms with Gasteiger partial charge in [0.15, 0.2) is 6.61 Å². The summed E-state index contributed by atoms with van der Waals surface area (Å²) in [4.78, 5) is 24.6. The van der Waals surface area contributed by atoms with Gasteiger partial charge in [0.25, 0.3) is 11.8 Å². The monoisotopic (exact) mass is 538 g/mol. The van der Waals surface area contributed by atoms with Crippen molar-refractivity contribution in [3.8, 4) is 11.5 Å². The summed E-state index contributed by atoms with van der Waals surface area (Å²) >= 11 is 0. The number of benzene rings is 3. The zero-order valence-corrected chi connectivity index (χ0v) is 22.4. The molecule has 3 aromatic rings. The molecule has 0 aliphatic carbocycles. The highest BCUT2D eigenvalue weighted by molar-refractivity contribution is 7.92. The molecule has 11 heteroatoms. The molecule has 200 valence electrons. The third-order valence-electron chi connectivity index (χ3n) is 5.22. The lowest BCUT2D eigenvalue weighted by atomic mass is 10.1. The summed E-state index contributed by atoms with van der Waals surface area (Å²) in [6, 6.07) is 19.1. The van der Waals surface area contributed by atoms with Crippen molar-refractivity contribution in [2.24, 2.45) is 5.10 Å². The first-order chi connectivity index (χ1) is 18.0. The van der Waals surface area contributed by atoms with Crippen molar-refractivity contribution >= 4 is 39.4 Å². The molecule has 0 aromatic heterocycles. The number of rotatable bonds is 11. The van der Waals surface area contributed by atoms with Crippen molar-refractivity contribution in [2.75, 3.05) is 36.1 Å². The van der Waals surface area contributed by atoms with Gasteiger partial charge in [-0.15, -0.1) is 0 Å². The molecule has 0 atom stereocenters. The number of aryl methyl sites for hydroxylation is 2. The van der Waals surface area contributed by atoms with E-state index in [9.17, 15) is 18.0 Å². The topological polar surface area (TPSA) is 126 Å². The van der Waals surface area contributed by atoms with Crippen molar-refractivity contribution in [1.29, 1.82) is 0 Å². The highest BCUT2D eigenvalue weighted by atomic mass is 32.2. The van der Waals surface area contributed by atoms with Gasteiger partial charge in [-0.25, -0.2) is 13.8 Å². The van der Waals surface area contributed by atoms with Crippen LogP contribution in [0.5, 0.6) is 11.5 Å². The number of carbonyl (C=O) groups is 2. The van der Waals surface area contributed by atoms with Crippen LogP contribution in [0, 0.1) is 13.8 Å². The average molecular weight is 539 g/mol. The van der Waals surface area contributed by atoms with Gasteiger partial charge in [0.1, 0.15) is 18.0 Å². The third-order valence-corrected chi connectivity index (χ3v) is 6.36. The molecule has 3 rings (SSSR count). The number of nitrogens with zero attached hydrogens (tertiary/aromatic N) is 2. The summed E-state index contributed by atoms with van der Waals surface area (Å²) in [6.45, 7) is 3.10. The quantitative estimate of drug-likeness (QED) is 0.285. The van der Waals surface area contributed by atoms with Gasteiger partial charge in [-0.1, -0.05) is 18.2 Å². The van der Waals surface area contributed by atoms with Crippen molar-refractivity contribution in [2.45, 2.75) is 13.8 Å². The van der Waals surface area contributed by atoms with Crippen LogP contribution in [0.25, 0.3) is 0 Å². The van der Waals surface area contributed by atoms with E-state index < -0.39 is 22.5 Å². The Kier molecular flexibility index (Phi) is 9.44. The molecule has 0 unspecified atom stereocenters. The molecule has 3 aromatic carbocycles. The minimum Gasteiger partial charge on any atom is -0.495 e. The molecule has 0 saturated heterocycles. The number of hydrogen-bond acceptors (Lipinski definition) is 7. The maximum Gasteiger partial charge on any atom is 0.262 e. The van der Waals surface area contributed by atoms with E-state index in [0.29, 0.717) is 28.4 Å². The predicted molar refractivity (Wildman–Crippen MR) is 147 cm³/mol. The number of anilines is 2. The van der Waals surface area contributed by atoms with E-state index in [-0.39, 0.29) is 12.5 Å². The Labute approximate surface area is 222 Å². The Balaban J connectivity index is 1.52. The number of hydrogen-bond donors (Lipinski definition) is 2. The lowest BCUT2D eigenvalue weighted by Gasteiger charge is -2.22. The maximum atomic E-state index is 12.4. The first-order valence-corrected chi connectivity index (χ1v) is 13.4. The molecule has 0 bridgehead atoms. The Morgan fingerprint density at radius 2 is 1.63 bits per heavy atom. The predicted octanol–water partition coefficient (Wildman–Crippen LogP) is 3.25. The van der Waals surface area contributed by atoms with Crippen LogP contribution in [-0.2, 0) is 19.6 Å². The molecule has 0 aliphatic heterocycles. The molecule has 0 saturated carbocycles. The lowest BCUT2D eigenvalue weighted by molar-refractivity contribution is -0.119. The number of amides is 2. The summed E-state index contributed by atoms with van der Waals surface area (Å²) in [7, 11) is -2.17. The fourth-order valence-electron chi connectivity index (χ4n) is 3.57. The zero-order chi connectivity index (χ0) is 27.7. The normalized spacial score (nSPS) is 11.2. The molecular formula is C27H30N4O6S. The molecule has 2 N–H and O–H groups in total. The highest BCUT2D eigenvalue weighted by Gasteiger charge is 2.21. The number of methoxy groups -OCH3 is 1. The summed E-state index contributed by atoms with van der Waals surface area (Å²) in [6.07, 6.45) is 2.46. The van der Waals surface area contributed by atoms with Gasteiger partial charge < -0.3 is 14.8 Å². The molecule has 38 heavy (non-hydrogen) atoms. The van der Waals surface area contributed by atoms with Gasteiger partial charge in [-0.2, -0.15) is 5.10 Å². The summed E-state index contributed by atoms with van der Waals surface area (Å²) in [5.41, 5.74) is 5.74. The second-order valence-corrected chi connectivity index (χ2v) is 10.4. The van der Waals surface area contributed by atoms with E-state index in [4.69, 9.17) is 9.47 Å². The van der Waals surface area contributed by atoms with E-state index in [2.05, 4.69) is 15.8 Å². The second kappa shape index (κ2) is 12.7. The van der Waals surface area contributed by atoms with Crippen LogP contribution in [0.3, 0.4) is 0 Å². The van der Waals surface area contributed by atoms with Gasteiger partial charge in [0.05, 0.1) is 31.0 Å². The molecule has 0 spiro atoms. The first-order valence-electron chi connectivity index (χ1n) is 11.6. The molecule has 10 nitrogen and oxygen atoms in total. The van der Waals surface area contributed by atoms with Gasteiger partial charge >= 0.3 is 0 Å². The summed E-state index contributed by atoms with van der Waals surface area (Å²) in [5, 5.41) is 6.64. The largest absolute Gasteiger partial charge is 0.495 e. The van der Waals surface area contributed by atoms with Crippen molar-refractivity contribution in [1.82, 2.24) is 5.43 Å². The summed E-state index contributed by atoms with van der Waals surface area (Å²) in [5.74, 6) is 0.0862. The number of ether oxygens (including phenoxy) is 2. The lowest BCUT2D eigenvalue weighted by Crippen LogP contribution is -2.39. The SMILES string of the molecule is COc1ccccc1NC(=O)COc1ccc(/C=N\NC(=O)CN(c2cc(C)cc(C)c2)S(C)(=O)=O)cc1. The Hall–Kier alpha value is -4.38. The zero-order valence-electron chi connectivity index (χ0n) is 21.6. The van der Waals surface area contributed by atoms with E-state index >= 15 is 0 Å². The van der Waals surface area contributed by atoms with Gasteiger partial charge in [-0.3, -0.25) is 13.9 Å². The number of nitrogens with one attached hydrogen (secondary N) is 2. The average Bonchev–Trinajstić information content (AvgIpc) is 2.86. The molecule has 0 fully saturated rings. The third kappa shape index (κ3) is 8.34. The van der Waals surface area contributed by atoms with Crippen LogP contribution in [0.15, 0.2) is 71.8 Å². The Morgan fingerprint density at radius 1 is 0.974 bits per heavy atom. The van der Waals surface area contributed by atoms with Crippen molar-refractivity contribution < 1.29 is 27.5 Å².